The number of hydrogen-bond acceptors (Lipinski definition) is 4. The SMILES string of the molecule is Cc1cc(Nc2ccc(C#N)cc2Cl)ncc1N. The second-order valence-electron chi connectivity index (χ2n) is 3.86. The fourth-order valence-corrected chi connectivity index (χ4v) is 1.69. The Labute approximate surface area is 110 Å². The molecule has 1 aromatic heterocycles. The van der Waals surface area contributed by atoms with Crippen LogP contribution in [0.1, 0.15) is 11.1 Å². The summed E-state index contributed by atoms with van der Waals surface area (Å²) in [4.78, 5) is 4.16. The first-order chi connectivity index (χ1) is 8.60. The molecule has 0 fully saturated rings. The third-order valence-corrected chi connectivity index (χ3v) is 2.82. The van der Waals surface area contributed by atoms with Crippen LogP contribution in [0.15, 0.2) is 30.5 Å². The van der Waals surface area contributed by atoms with Gasteiger partial charge in [0.05, 0.1) is 34.2 Å². The molecule has 0 bridgehead atoms. The Morgan fingerprint density at radius 3 is 2.78 bits per heavy atom. The number of aryl methyl sites for hydroxylation is 1. The number of aromatic nitrogens is 1. The van der Waals surface area contributed by atoms with Gasteiger partial charge in [0, 0.05) is 0 Å². The highest BCUT2D eigenvalue weighted by Gasteiger charge is 2.04. The van der Waals surface area contributed by atoms with E-state index in [2.05, 4.69) is 10.3 Å². The average Bonchev–Trinajstić information content (AvgIpc) is 2.36. The molecule has 3 N–H and O–H groups in total. The normalized spacial score (nSPS) is 9.83. The Morgan fingerprint density at radius 2 is 2.17 bits per heavy atom. The van der Waals surface area contributed by atoms with Gasteiger partial charge in [-0.25, -0.2) is 4.98 Å². The Kier molecular flexibility index (Phi) is 3.35. The van der Waals surface area contributed by atoms with Crippen molar-refractivity contribution < 1.29 is 0 Å². The standard InChI is InChI=1S/C13H11ClN4/c1-8-4-13(17-7-11(8)16)18-12-3-2-9(6-15)5-10(12)14/h2-5,7H,16H2,1H3,(H,17,18). The Morgan fingerprint density at radius 1 is 1.39 bits per heavy atom. The fraction of sp³-hybridized carbons (Fsp3) is 0.0769. The molecule has 0 saturated heterocycles. The Hall–Kier alpha value is -2.25. The summed E-state index contributed by atoms with van der Waals surface area (Å²) in [6.45, 7) is 1.91. The molecule has 0 unspecified atom stereocenters. The predicted octanol–water partition coefficient (Wildman–Crippen LogP) is 3.24. The zero-order valence-corrected chi connectivity index (χ0v) is 10.5. The van der Waals surface area contributed by atoms with Gasteiger partial charge in [0.25, 0.3) is 0 Å². The van der Waals surface area contributed by atoms with Gasteiger partial charge < -0.3 is 11.1 Å². The first kappa shape index (κ1) is 12.2. The van der Waals surface area contributed by atoms with Crippen LogP contribution in [-0.2, 0) is 0 Å². The third-order valence-electron chi connectivity index (χ3n) is 2.51. The molecule has 0 saturated carbocycles. The van der Waals surface area contributed by atoms with Crippen molar-refractivity contribution in [1.29, 1.82) is 5.26 Å². The van der Waals surface area contributed by atoms with Crippen molar-refractivity contribution in [3.8, 4) is 6.07 Å². The number of rotatable bonds is 2. The molecule has 2 rings (SSSR count). The number of nitrogens with two attached hydrogens (primary N) is 1. The third kappa shape index (κ3) is 2.53. The molecule has 0 aliphatic heterocycles. The van der Waals surface area contributed by atoms with E-state index in [-0.39, 0.29) is 0 Å². The lowest BCUT2D eigenvalue weighted by Crippen LogP contribution is -1.97. The molecule has 18 heavy (non-hydrogen) atoms. The number of nitrogens with one attached hydrogen (secondary N) is 1. The van der Waals surface area contributed by atoms with Crippen LogP contribution in [0, 0.1) is 18.3 Å². The van der Waals surface area contributed by atoms with Crippen LogP contribution < -0.4 is 11.1 Å². The second-order valence-corrected chi connectivity index (χ2v) is 4.26. The molecular weight excluding hydrogens is 248 g/mol. The maximum atomic E-state index is 8.75. The van der Waals surface area contributed by atoms with Gasteiger partial charge in [-0.15, -0.1) is 0 Å². The van der Waals surface area contributed by atoms with Crippen molar-refractivity contribution in [1.82, 2.24) is 4.98 Å². The zero-order chi connectivity index (χ0) is 13.1. The summed E-state index contributed by atoms with van der Waals surface area (Å²) in [6, 6.07) is 8.91. The van der Waals surface area contributed by atoms with E-state index in [1.54, 1.807) is 24.4 Å². The molecule has 0 amide bonds. The van der Waals surface area contributed by atoms with Gasteiger partial charge in [-0.1, -0.05) is 11.6 Å². The Balaban J connectivity index is 2.29. The summed E-state index contributed by atoms with van der Waals surface area (Å²) in [5.74, 6) is 0.660. The fourth-order valence-electron chi connectivity index (χ4n) is 1.46. The van der Waals surface area contributed by atoms with E-state index in [0.29, 0.717) is 27.8 Å². The topological polar surface area (TPSA) is 74.7 Å². The molecule has 0 aliphatic rings. The second kappa shape index (κ2) is 4.94. The molecule has 0 atom stereocenters. The largest absolute Gasteiger partial charge is 0.397 e. The molecule has 90 valence electrons. The smallest absolute Gasteiger partial charge is 0.130 e. The van der Waals surface area contributed by atoms with Crippen molar-refractivity contribution in [2.24, 2.45) is 0 Å². The van der Waals surface area contributed by atoms with Gasteiger partial charge in [-0.3, -0.25) is 0 Å². The van der Waals surface area contributed by atoms with E-state index in [9.17, 15) is 0 Å². The van der Waals surface area contributed by atoms with Crippen LogP contribution in [0.25, 0.3) is 0 Å². The molecular formula is C13H11ClN4. The maximum Gasteiger partial charge on any atom is 0.130 e. The van der Waals surface area contributed by atoms with Gasteiger partial charge in [0.1, 0.15) is 5.82 Å². The van der Waals surface area contributed by atoms with E-state index in [1.807, 2.05) is 19.1 Å². The predicted molar refractivity (Wildman–Crippen MR) is 72.8 cm³/mol. The summed E-state index contributed by atoms with van der Waals surface area (Å²) < 4.78 is 0. The highest BCUT2D eigenvalue weighted by molar-refractivity contribution is 6.33. The number of halogens is 1. The van der Waals surface area contributed by atoms with E-state index in [1.165, 1.54) is 0 Å². The summed E-state index contributed by atoms with van der Waals surface area (Å²) in [5, 5.41) is 12.3. The number of pyridine rings is 1. The molecule has 5 heteroatoms. The molecule has 0 aliphatic carbocycles. The summed E-state index contributed by atoms with van der Waals surface area (Å²) in [7, 11) is 0. The monoisotopic (exact) mass is 258 g/mol. The quantitative estimate of drug-likeness (QED) is 0.867. The molecule has 4 nitrogen and oxygen atoms in total. The van der Waals surface area contributed by atoms with Crippen LogP contribution in [0.4, 0.5) is 17.2 Å². The number of hydrogen-bond donors (Lipinski definition) is 2. The number of nitrogen functional groups attached to an aromatic ring is 1. The first-order valence-corrected chi connectivity index (χ1v) is 5.67. The van der Waals surface area contributed by atoms with Crippen molar-refractivity contribution >= 4 is 28.8 Å². The number of benzene rings is 1. The minimum absolute atomic E-state index is 0.477. The van der Waals surface area contributed by atoms with Crippen LogP contribution in [0.3, 0.4) is 0 Å². The zero-order valence-electron chi connectivity index (χ0n) is 9.74. The molecule has 1 heterocycles. The van der Waals surface area contributed by atoms with Gasteiger partial charge in [0.15, 0.2) is 0 Å². The van der Waals surface area contributed by atoms with Gasteiger partial charge in [0.2, 0.25) is 0 Å². The highest BCUT2D eigenvalue weighted by atomic mass is 35.5. The van der Waals surface area contributed by atoms with Crippen molar-refractivity contribution in [3.05, 3.63) is 46.6 Å². The first-order valence-electron chi connectivity index (χ1n) is 5.29. The molecule has 0 spiro atoms. The van der Waals surface area contributed by atoms with Crippen LogP contribution in [0.5, 0.6) is 0 Å². The van der Waals surface area contributed by atoms with Gasteiger partial charge in [-0.05, 0) is 36.8 Å². The molecule has 2 aromatic rings. The van der Waals surface area contributed by atoms with E-state index >= 15 is 0 Å². The van der Waals surface area contributed by atoms with Crippen LogP contribution in [-0.4, -0.2) is 4.98 Å². The summed E-state index contributed by atoms with van der Waals surface area (Å²) in [6.07, 6.45) is 1.59. The van der Waals surface area contributed by atoms with Crippen LogP contribution >= 0.6 is 11.6 Å². The average molecular weight is 259 g/mol. The van der Waals surface area contributed by atoms with E-state index in [4.69, 9.17) is 22.6 Å². The van der Waals surface area contributed by atoms with E-state index in [0.717, 1.165) is 5.56 Å². The summed E-state index contributed by atoms with van der Waals surface area (Å²) in [5.41, 5.74) is 8.51. The number of nitriles is 1. The highest BCUT2D eigenvalue weighted by Crippen LogP contribution is 2.26. The minimum atomic E-state index is 0.477. The molecule has 1 aromatic carbocycles. The van der Waals surface area contributed by atoms with Crippen LogP contribution in [0.2, 0.25) is 5.02 Å². The van der Waals surface area contributed by atoms with E-state index < -0.39 is 0 Å². The van der Waals surface area contributed by atoms with Crippen molar-refractivity contribution in [2.75, 3.05) is 11.1 Å². The van der Waals surface area contributed by atoms with Gasteiger partial charge in [-0.2, -0.15) is 5.26 Å². The van der Waals surface area contributed by atoms with Gasteiger partial charge >= 0.3 is 0 Å². The Bertz CT molecular complexity index is 631. The maximum absolute atomic E-state index is 8.75. The number of nitrogens with zero attached hydrogens (tertiary/aromatic N) is 2. The van der Waals surface area contributed by atoms with Crippen molar-refractivity contribution in [3.63, 3.8) is 0 Å². The summed E-state index contributed by atoms with van der Waals surface area (Å²) >= 11 is 6.06. The minimum Gasteiger partial charge on any atom is -0.397 e. The lowest BCUT2D eigenvalue weighted by atomic mass is 10.2. The number of anilines is 3. The van der Waals surface area contributed by atoms with Crippen molar-refractivity contribution in [2.45, 2.75) is 6.92 Å². The lowest BCUT2D eigenvalue weighted by Gasteiger charge is -2.09. The molecule has 0 radical (unpaired) electrons. The lowest BCUT2D eigenvalue weighted by molar-refractivity contribution is 1.28.